The van der Waals surface area contributed by atoms with Gasteiger partial charge >= 0.3 is 0 Å². The van der Waals surface area contributed by atoms with Gasteiger partial charge < -0.3 is 4.90 Å². The molecule has 0 bridgehead atoms. The van der Waals surface area contributed by atoms with Gasteiger partial charge in [0, 0.05) is 47.1 Å². The summed E-state index contributed by atoms with van der Waals surface area (Å²) in [6, 6.07) is 20.5. The summed E-state index contributed by atoms with van der Waals surface area (Å²) >= 11 is 8.16. The fourth-order valence-electron chi connectivity index (χ4n) is 3.57. The molecule has 2 aromatic carbocycles. The molecule has 1 aliphatic heterocycles. The molecule has 28 heavy (non-hydrogen) atoms. The van der Waals surface area contributed by atoms with Crippen LogP contribution in [0.1, 0.15) is 22.4 Å². The molecular formula is C23H20ClN3S. The number of hydrogen-bond acceptors (Lipinski definition) is 4. The first-order valence-corrected chi connectivity index (χ1v) is 10.6. The molecule has 1 aliphatic rings. The summed E-state index contributed by atoms with van der Waals surface area (Å²) in [5.74, 6) is 0.781. The number of rotatable bonds is 4. The number of nitriles is 1. The Morgan fingerprint density at radius 2 is 1.89 bits per heavy atom. The Balaban J connectivity index is 1.85. The highest BCUT2D eigenvalue weighted by Crippen LogP contribution is 2.40. The number of thioether (sulfide) groups is 1. The third-order valence-corrected chi connectivity index (χ3v) is 6.36. The molecule has 0 saturated carbocycles. The van der Waals surface area contributed by atoms with E-state index in [9.17, 15) is 5.26 Å². The van der Waals surface area contributed by atoms with Gasteiger partial charge in [-0.2, -0.15) is 5.26 Å². The summed E-state index contributed by atoms with van der Waals surface area (Å²) in [7, 11) is 2.10. The number of likely N-dealkylation sites (N-methyl/N-ethyl adjacent to an activating group) is 1. The molecule has 0 N–H and O–H groups in total. The van der Waals surface area contributed by atoms with Crippen LogP contribution in [-0.2, 0) is 18.7 Å². The first-order chi connectivity index (χ1) is 13.7. The van der Waals surface area contributed by atoms with Gasteiger partial charge in [-0.25, -0.2) is 4.98 Å². The molecule has 0 fully saturated rings. The quantitative estimate of drug-likeness (QED) is 0.533. The minimum absolute atomic E-state index is 0.628. The number of halogens is 1. The lowest BCUT2D eigenvalue weighted by Crippen LogP contribution is -2.28. The molecule has 5 heteroatoms. The molecule has 0 amide bonds. The van der Waals surface area contributed by atoms with Gasteiger partial charge in [-0.1, -0.05) is 60.1 Å². The maximum atomic E-state index is 10.1. The summed E-state index contributed by atoms with van der Waals surface area (Å²) in [4.78, 5) is 7.19. The predicted molar refractivity (Wildman–Crippen MR) is 115 cm³/mol. The Hall–Kier alpha value is -2.32. The van der Waals surface area contributed by atoms with Crippen LogP contribution in [0.25, 0.3) is 11.1 Å². The first kappa shape index (κ1) is 19.0. The summed E-state index contributed by atoms with van der Waals surface area (Å²) in [5, 5.41) is 11.5. The number of fused-ring (bicyclic) bond motifs is 1. The second-order valence-corrected chi connectivity index (χ2v) is 8.32. The molecule has 4 rings (SSSR count). The molecular weight excluding hydrogens is 386 g/mol. The van der Waals surface area contributed by atoms with E-state index < -0.39 is 0 Å². The number of nitrogens with zero attached hydrogens (tertiary/aromatic N) is 3. The minimum Gasteiger partial charge on any atom is -0.302 e. The van der Waals surface area contributed by atoms with Crippen LogP contribution in [0, 0.1) is 11.3 Å². The van der Waals surface area contributed by atoms with Gasteiger partial charge in [-0.3, -0.25) is 0 Å². The average Bonchev–Trinajstić information content (AvgIpc) is 2.72. The summed E-state index contributed by atoms with van der Waals surface area (Å²) in [5.41, 5.74) is 5.92. The van der Waals surface area contributed by atoms with Crippen LogP contribution in [0.4, 0.5) is 0 Å². The van der Waals surface area contributed by atoms with Gasteiger partial charge in [0.15, 0.2) is 0 Å². The van der Waals surface area contributed by atoms with Crippen LogP contribution in [0.15, 0.2) is 59.6 Å². The highest BCUT2D eigenvalue weighted by atomic mass is 35.5. The van der Waals surface area contributed by atoms with Crippen molar-refractivity contribution in [2.45, 2.75) is 23.7 Å². The molecule has 0 spiro atoms. The van der Waals surface area contributed by atoms with E-state index in [4.69, 9.17) is 16.6 Å². The third-order valence-electron chi connectivity index (χ3n) is 4.98. The zero-order chi connectivity index (χ0) is 19.5. The van der Waals surface area contributed by atoms with Crippen LogP contribution in [0.3, 0.4) is 0 Å². The Morgan fingerprint density at radius 3 is 2.64 bits per heavy atom. The number of aromatic nitrogens is 1. The number of benzene rings is 2. The van der Waals surface area contributed by atoms with Crippen LogP contribution >= 0.6 is 23.4 Å². The molecule has 0 radical (unpaired) electrons. The highest BCUT2D eigenvalue weighted by molar-refractivity contribution is 7.98. The van der Waals surface area contributed by atoms with E-state index in [-0.39, 0.29) is 0 Å². The van der Waals surface area contributed by atoms with Crippen LogP contribution in [0.2, 0.25) is 5.02 Å². The summed E-state index contributed by atoms with van der Waals surface area (Å²) < 4.78 is 0. The fourth-order valence-corrected chi connectivity index (χ4v) is 4.76. The minimum atomic E-state index is 0.628. The molecule has 0 unspecified atom stereocenters. The topological polar surface area (TPSA) is 39.9 Å². The van der Waals surface area contributed by atoms with Gasteiger partial charge in [0.25, 0.3) is 0 Å². The van der Waals surface area contributed by atoms with Crippen LogP contribution in [-0.4, -0.2) is 23.5 Å². The Bertz CT molecular complexity index is 1040. The smallest absolute Gasteiger partial charge is 0.115 e. The monoisotopic (exact) mass is 405 g/mol. The highest BCUT2D eigenvalue weighted by Gasteiger charge is 2.25. The lowest BCUT2D eigenvalue weighted by Gasteiger charge is -2.28. The van der Waals surface area contributed by atoms with Crippen LogP contribution < -0.4 is 0 Å². The lowest BCUT2D eigenvalue weighted by atomic mass is 9.92. The summed E-state index contributed by atoms with van der Waals surface area (Å²) in [6.07, 6.45) is 0.883. The largest absolute Gasteiger partial charge is 0.302 e. The maximum absolute atomic E-state index is 10.1. The number of hydrogen-bond donors (Lipinski definition) is 0. The third kappa shape index (κ3) is 3.79. The van der Waals surface area contributed by atoms with Crippen molar-refractivity contribution >= 4 is 23.4 Å². The van der Waals surface area contributed by atoms with E-state index in [0.717, 1.165) is 52.7 Å². The van der Waals surface area contributed by atoms with Crippen LogP contribution in [0.5, 0.6) is 0 Å². The lowest BCUT2D eigenvalue weighted by molar-refractivity contribution is 0.309. The van der Waals surface area contributed by atoms with E-state index >= 15 is 0 Å². The Labute approximate surface area is 175 Å². The SMILES string of the molecule is CN1CCc2nc(SCc3ccccc3)c(C#N)c(-c3ccccc3Cl)c2C1. The zero-order valence-corrected chi connectivity index (χ0v) is 17.2. The Morgan fingerprint density at radius 1 is 1.14 bits per heavy atom. The molecule has 140 valence electrons. The molecule has 1 aromatic heterocycles. The van der Waals surface area contributed by atoms with Crippen molar-refractivity contribution in [1.29, 1.82) is 5.26 Å². The van der Waals surface area contributed by atoms with Crippen molar-refractivity contribution in [2.75, 3.05) is 13.6 Å². The normalized spacial score (nSPS) is 13.8. The van der Waals surface area contributed by atoms with Crippen molar-refractivity contribution in [3.05, 3.63) is 82.0 Å². The maximum Gasteiger partial charge on any atom is 0.115 e. The molecule has 0 atom stereocenters. The molecule has 3 aromatic rings. The van der Waals surface area contributed by atoms with Crippen molar-refractivity contribution in [3.63, 3.8) is 0 Å². The van der Waals surface area contributed by atoms with Crippen molar-refractivity contribution in [3.8, 4) is 17.2 Å². The first-order valence-electron chi connectivity index (χ1n) is 9.23. The second kappa shape index (κ2) is 8.36. The van der Waals surface area contributed by atoms with E-state index in [0.29, 0.717) is 10.6 Å². The molecule has 0 saturated heterocycles. The standard InChI is InChI=1S/C23H20ClN3S/c1-27-12-11-21-19(14-27)22(17-9-5-6-10-20(17)24)18(13-25)23(26-21)28-15-16-7-3-2-4-8-16/h2-10H,11-12,14-15H2,1H3. The van der Waals surface area contributed by atoms with Crippen molar-refractivity contribution in [1.82, 2.24) is 9.88 Å². The zero-order valence-electron chi connectivity index (χ0n) is 15.7. The van der Waals surface area contributed by atoms with E-state index in [2.05, 4.69) is 30.1 Å². The van der Waals surface area contributed by atoms with E-state index in [1.807, 2.05) is 42.5 Å². The van der Waals surface area contributed by atoms with Gasteiger partial charge in [-0.15, -0.1) is 11.8 Å². The molecule has 3 nitrogen and oxygen atoms in total. The van der Waals surface area contributed by atoms with Gasteiger partial charge in [0.05, 0.1) is 5.56 Å². The van der Waals surface area contributed by atoms with Gasteiger partial charge in [0.2, 0.25) is 0 Å². The van der Waals surface area contributed by atoms with E-state index in [1.165, 1.54) is 5.56 Å². The molecule has 0 aliphatic carbocycles. The second-order valence-electron chi connectivity index (χ2n) is 6.95. The fraction of sp³-hybridized carbons (Fsp3) is 0.217. The van der Waals surface area contributed by atoms with Gasteiger partial charge in [0.1, 0.15) is 11.1 Å². The average molecular weight is 406 g/mol. The van der Waals surface area contributed by atoms with Crippen molar-refractivity contribution in [2.24, 2.45) is 0 Å². The predicted octanol–water partition coefficient (Wildman–Crippen LogP) is 5.55. The van der Waals surface area contributed by atoms with Gasteiger partial charge in [-0.05, 0) is 24.2 Å². The van der Waals surface area contributed by atoms with Crippen molar-refractivity contribution < 1.29 is 0 Å². The summed E-state index contributed by atoms with van der Waals surface area (Å²) in [6.45, 7) is 1.75. The van der Waals surface area contributed by atoms with E-state index in [1.54, 1.807) is 11.8 Å². The molecule has 2 heterocycles. The Kier molecular flexibility index (Phi) is 5.68. The number of pyridine rings is 1.